The van der Waals surface area contributed by atoms with Crippen LogP contribution in [0, 0.1) is 5.92 Å². The molecule has 0 aromatic heterocycles. The third-order valence-corrected chi connectivity index (χ3v) is 4.56. The lowest BCUT2D eigenvalue weighted by Crippen LogP contribution is -2.54. The minimum atomic E-state index is 0.618. The van der Waals surface area contributed by atoms with Crippen LogP contribution in [-0.4, -0.2) is 43.2 Å². The number of piperidine rings is 1. The van der Waals surface area contributed by atoms with E-state index in [1.54, 1.807) is 0 Å². The summed E-state index contributed by atoms with van der Waals surface area (Å²) in [5.41, 5.74) is 0. The Bertz CT molecular complexity index is 382. The van der Waals surface area contributed by atoms with Gasteiger partial charge in [-0.2, -0.15) is 0 Å². The van der Waals surface area contributed by atoms with Crippen molar-refractivity contribution in [1.29, 1.82) is 0 Å². The summed E-state index contributed by atoms with van der Waals surface area (Å²) in [4.78, 5) is 2.56. The summed E-state index contributed by atoms with van der Waals surface area (Å²) in [7, 11) is 0. The van der Waals surface area contributed by atoms with Gasteiger partial charge in [0.25, 0.3) is 0 Å². The third kappa shape index (κ3) is 3.97. The molecule has 1 N–H and O–H groups in total. The maximum absolute atomic E-state index is 5.81. The minimum Gasteiger partial charge on any atom is -0.492 e. The van der Waals surface area contributed by atoms with Crippen LogP contribution in [-0.2, 0) is 0 Å². The van der Waals surface area contributed by atoms with Gasteiger partial charge in [-0.25, -0.2) is 0 Å². The van der Waals surface area contributed by atoms with E-state index in [0.29, 0.717) is 18.0 Å². The van der Waals surface area contributed by atoms with E-state index < -0.39 is 0 Å². The van der Waals surface area contributed by atoms with Gasteiger partial charge in [-0.05, 0) is 37.9 Å². The number of nitrogens with zero attached hydrogens (tertiary/aromatic N) is 1. The van der Waals surface area contributed by atoms with Crippen LogP contribution in [0.3, 0.4) is 0 Å². The van der Waals surface area contributed by atoms with Crippen molar-refractivity contribution in [2.24, 2.45) is 5.92 Å². The summed E-state index contributed by atoms with van der Waals surface area (Å²) in [5.74, 6) is 1.66. The number of para-hydroxylation sites is 1. The van der Waals surface area contributed by atoms with Crippen molar-refractivity contribution in [1.82, 2.24) is 10.2 Å². The van der Waals surface area contributed by atoms with Crippen molar-refractivity contribution in [3.05, 3.63) is 30.3 Å². The summed E-state index contributed by atoms with van der Waals surface area (Å²) in [6, 6.07) is 11.4. The smallest absolute Gasteiger partial charge is 0.119 e. The van der Waals surface area contributed by atoms with Gasteiger partial charge in [-0.15, -0.1) is 0 Å². The molecule has 1 fully saturated rings. The molecule has 3 nitrogen and oxygen atoms in total. The lowest BCUT2D eigenvalue weighted by atomic mass is 9.87. The van der Waals surface area contributed by atoms with Crippen LogP contribution in [0.2, 0.25) is 0 Å². The molecule has 3 heteroatoms. The molecular formula is C17H28N2O. The zero-order valence-electron chi connectivity index (χ0n) is 13.0. The second-order valence-corrected chi connectivity index (χ2v) is 5.75. The molecule has 20 heavy (non-hydrogen) atoms. The van der Waals surface area contributed by atoms with Crippen molar-refractivity contribution in [2.45, 2.75) is 39.3 Å². The first-order valence-corrected chi connectivity index (χ1v) is 7.87. The fourth-order valence-corrected chi connectivity index (χ4v) is 3.10. The van der Waals surface area contributed by atoms with Crippen LogP contribution in [0.15, 0.2) is 30.3 Å². The van der Waals surface area contributed by atoms with E-state index in [9.17, 15) is 0 Å². The van der Waals surface area contributed by atoms with Gasteiger partial charge in [0.1, 0.15) is 12.4 Å². The topological polar surface area (TPSA) is 24.5 Å². The Labute approximate surface area is 123 Å². The molecular weight excluding hydrogens is 248 g/mol. The van der Waals surface area contributed by atoms with Crippen LogP contribution in [0.4, 0.5) is 0 Å². The molecule has 3 unspecified atom stereocenters. The van der Waals surface area contributed by atoms with Gasteiger partial charge in [-0.3, -0.25) is 4.90 Å². The maximum atomic E-state index is 5.81. The molecule has 0 saturated carbocycles. The van der Waals surface area contributed by atoms with Crippen LogP contribution in [0.5, 0.6) is 5.75 Å². The van der Waals surface area contributed by atoms with Crippen LogP contribution < -0.4 is 10.1 Å². The number of benzene rings is 1. The number of hydrogen-bond donors (Lipinski definition) is 1. The standard InChI is InChI=1S/C17H28N2O/c1-4-18-17-10-11-19(15(3)14(17)2)12-13-20-16-8-6-5-7-9-16/h5-9,14-15,17-18H,4,10-13H2,1-3H3. The van der Waals surface area contributed by atoms with Gasteiger partial charge >= 0.3 is 0 Å². The normalized spacial score (nSPS) is 27.4. The average molecular weight is 276 g/mol. The molecule has 0 bridgehead atoms. The first-order chi connectivity index (χ1) is 9.72. The van der Waals surface area contributed by atoms with Crippen molar-refractivity contribution in [3.63, 3.8) is 0 Å². The number of hydrogen-bond acceptors (Lipinski definition) is 3. The average Bonchev–Trinajstić information content (AvgIpc) is 2.48. The second kappa shape index (κ2) is 7.65. The predicted octanol–water partition coefficient (Wildman–Crippen LogP) is 2.77. The van der Waals surface area contributed by atoms with Crippen molar-refractivity contribution >= 4 is 0 Å². The van der Waals surface area contributed by atoms with Gasteiger partial charge in [0.05, 0.1) is 0 Å². The van der Waals surface area contributed by atoms with Gasteiger partial charge in [-0.1, -0.05) is 32.0 Å². The van der Waals surface area contributed by atoms with E-state index in [4.69, 9.17) is 4.74 Å². The van der Waals surface area contributed by atoms with Crippen LogP contribution >= 0.6 is 0 Å². The number of likely N-dealkylation sites (tertiary alicyclic amines) is 1. The first kappa shape index (κ1) is 15.3. The van der Waals surface area contributed by atoms with Gasteiger partial charge < -0.3 is 10.1 Å². The van der Waals surface area contributed by atoms with E-state index in [2.05, 4.69) is 31.0 Å². The monoisotopic (exact) mass is 276 g/mol. The number of nitrogens with one attached hydrogen (secondary N) is 1. The van der Waals surface area contributed by atoms with E-state index in [1.807, 2.05) is 30.3 Å². The minimum absolute atomic E-state index is 0.618. The Kier molecular flexibility index (Phi) is 5.86. The molecule has 1 aliphatic rings. The summed E-state index contributed by atoms with van der Waals surface area (Å²) in [6.07, 6.45) is 1.24. The molecule has 1 heterocycles. The molecule has 2 rings (SSSR count). The van der Waals surface area contributed by atoms with Crippen LogP contribution in [0.1, 0.15) is 27.2 Å². The Morgan fingerprint density at radius 2 is 2.00 bits per heavy atom. The zero-order valence-corrected chi connectivity index (χ0v) is 13.0. The molecule has 0 aliphatic carbocycles. The summed E-state index contributed by atoms with van der Waals surface area (Å²) in [5, 5.41) is 3.61. The molecule has 1 aliphatic heterocycles. The summed E-state index contributed by atoms with van der Waals surface area (Å²) >= 11 is 0. The van der Waals surface area contributed by atoms with Crippen molar-refractivity contribution < 1.29 is 4.74 Å². The number of ether oxygens (including phenoxy) is 1. The van der Waals surface area contributed by atoms with E-state index >= 15 is 0 Å². The van der Waals surface area contributed by atoms with E-state index in [-0.39, 0.29) is 0 Å². The lowest BCUT2D eigenvalue weighted by Gasteiger charge is -2.43. The quantitative estimate of drug-likeness (QED) is 0.864. The Morgan fingerprint density at radius 3 is 2.70 bits per heavy atom. The molecule has 0 amide bonds. The zero-order chi connectivity index (χ0) is 14.4. The largest absolute Gasteiger partial charge is 0.492 e. The first-order valence-electron chi connectivity index (χ1n) is 7.87. The van der Waals surface area contributed by atoms with Crippen LogP contribution in [0.25, 0.3) is 0 Å². The molecule has 0 spiro atoms. The lowest BCUT2D eigenvalue weighted by molar-refractivity contribution is 0.0723. The highest BCUT2D eigenvalue weighted by atomic mass is 16.5. The van der Waals surface area contributed by atoms with E-state index in [0.717, 1.165) is 25.4 Å². The molecule has 1 saturated heterocycles. The highest BCUT2D eigenvalue weighted by Crippen LogP contribution is 2.23. The molecule has 1 aromatic carbocycles. The fourth-order valence-electron chi connectivity index (χ4n) is 3.10. The summed E-state index contributed by atoms with van der Waals surface area (Å²) < 4.78 is 5.81. The molecule has 0 radical (unpaired) electrons. The summed E-state index contributed by atoms with van der Waals surface area (Å²) in [6.45, 7) is 10.9. The maximum Gasteiger partial charge on any atom is 0.119 e. The molecule has 1 aromatic rings. The van der Waals surface area contributed by atoms with Crippen molar-refractivity contribution in [2.75, 3.05) is 26.2 Å². The van der Waals surface area contributed by atoms with Gasteiger partial charge in [0.15, 0.2) is 0 Å². The SMILES string of the molecule is CCNC1CCN(CCOc2ccccc2)C(C)C1C. The fraction of sp³-hybridized carbons (Fsp3) is 0.647. The molecule has 3 atom stereocenters. The van der Waals surface area contributed by atoms with E-state index in [1.165, 1.54) is 13.0 Å². The highest BCUT2D eigenvalue weighted by Gasteiger charge is 2.31. The third-order valence-electron chi connectivity index (χ3n) is 4.56. The van der Waals surface area contributed by atoms with Gasteiger partial charge in [0.2, 0.25) is 0 Å². The van der Waals surface area contributed by atoms with Gasteiger partial charge in [0, 0.05) is 25.2 Å². The van der Waals surface area contributed by atoms with Crippen molar-refractivity contribution in [3.8, 4) is 5.75 Å². The second-order valence-electron chi connectivity index (χ2n) is 5.75. The predicted molar refractivity (Wildman–Crippen MR) is 84.2 cm³/mol. The highest BCUT2D eigenvalue weighted by molar-refractivity contribution is 5.20. The Hall–Kier alpha value is -1.06. The Morgan fingerprint density at radius 1 is 1.25 bits per heavy atom. The Balaban J connectivity index is 1.76. The molecule has 112 valence electrons. The number of rotatable bonds is 6.